The summed E-state index contributed by atoms with van der Waals surface area (Å²) in [5.74, 6) is -0.720. The van der Waals surface area contributed by atoms with Gasteiger partial charge in [-0.1, -0.05) is 18.2 Å². The van der Waals surface area contributed by atoms with Gasteiger partial charge in [0.2, 0.25) is 10.0 Å². The standard InChI is InChI=1S/C18H16F6N2O4S/c19-17(20,21)10-26-31(28,29)15-3-1-2-13(8-15)16(27)25-9-12-4-6-14(7-5-12)30-11-18(22,23)24/h1-8,26H,9-11H2,(H,25,27). The van der Waals surface area contributed by atoms with E-state index in [0.29, 0.717) is 5.56 Å². The average molecular weight is 470 g/mol. The van der Waals surface area contributed by atoms with Crippen LogP contribution in [-0.4, -0.2) is 39.8 Å². The molecule has 0 bridgehead atoms. The fraction of sp³-hybridized carbons (Fsp3) is 0.278. The van der Waals surface area contributed by atoms with E-state index in [2.05, 4.69) is 10.1 Å². The lowest BCUT2D eigenvalue weighted by Gasteiger charge is -2.11. The van der Waals surface area contributed by atoms with Gasteiger partial charge < -0.3 is 10.1 Å². The maximum atomic E-state index is 12.2. The van der Waals surface area contributed by atoms with Crippen LogP contribution >= 0.6 is 0 Å². The highest BCUT2D eigenvalue weighted by molar-refractivity contribution is 7.89. The van der Waals surface area contributed by atoms with E-state index in [0.717, 1.165) is 12.1 Å². The van der Waals surface area contributed by atoms with Crippen LogP contribution in [0, 0.1) is 0 Å². The number of benzene rings is 2. The number of ether oxygens (including phenoxy) is 1. The molecule has 0 unspecified atom stereocenters. The molecule has 2 aromatic carbocycles. The first-order valence-electron chi connectivity index (χ1n) is 8.48. The van der Waals surface area contributed by atoms with Crippen LogP contribution in [0.4, 0.5) is 26.3 Å². The zero-order valence-corrected chi connectivity index (χ0v) is 16.4. The highest BCUT2D eigenvalue weighted by Crippen LogP contribution is 2.19. The van der Waals surface area contributed by atoms with E-state index in [9.17, 15) is 39.6 Å². The summed E-state index contributed by atoms with van der Waals surface area (Å²) >= 11 is 0. The molecule has 31 heavy (non-hydrogen) atoms. The summed E-state index contributed by atoms with van der Waals surface area (Å²) in [4.78, 5) is 11.7. The van der Waals surface area contributed by atoms with Crippen LogP contribution in [0.15, 0.2) is 53.4 Å². The highest BCUT2D eigenvalue weighted by Gasteiger charge is 2.30. The third kappa shape index (κ3) is 8.45. The van der Waals surface area contributed by atoms with Crippen LogP contribution in [0.5, 0.6) is 5.75 Å². The second-order valence-electron chi connectivity index (χ2n) is 6.20. The zero-order chi connectivity index (χ0) is 23.3. The summed E-state index contributed by atoms with van der Waals surface area (Å²) in [5, 5.41) is 2.47. The molecule has 6 nitrogen and oxygen atoms in total. The Labute approximate surface area is 173 Å². The molecule has 13 heteroatoms. The lowest BCUT2D eigenvalue weighted by Crippen LogP contribution is -2.34. The van der Waals surface area contributed by atoms with Crippen LogP contribution in [0.1, 0.15) is 15.9 Å². The van der Waals surface area contributed by atoms with Crippen molar-refractivity contribution in [3.8, 4) is 5.75 Å². The predicted molar refractivity (Wildman–Crippen MR) is 96.8 cm³/mol. The number of sulfonamides is 1. The molecule has 0 fully saturated rings. The first-order chi connectivity index (χ1) is 14.3. The van der Waals surface area contributed by atoms with Crippen molar-refractivity contribution in [3.63, 3.8) is 0 Å². The van der Waals surface area contributed by atoms with Gasteiger partial charge in [0.15, 0.2) is 6.61 Å². The third-order valence-electron chi connectivity index (χ3n) is 3.65. The zero-order valence-electron chi connectivity index (χ0n) is 15.5. The van der Waals surface area contributed by atoms with Crippen molar-refractivity contribution in [1.29, 1.82) is 0 Å². The summed E-state index contributed by atoms with van der Waals surface area (Å²) in [6.07, 6.45) is -9.22. The van der Waals surface area contributed by atoms with E-state index in [1.807, 2.05) is 0 Å². The summed E-state index contributed by atoms with van der Waals surface area (Å²) in [6, 6.07) is 9.84. The van der Waals surface area contributed by atoms with E-state index in [1.165, 1.54) is 41.1 Å². The Morgan fingerprint density at radius 3 is 2.16 bits per heavy atom. The molecule has 2 N–H and O–H groups in total. The molecule has 0 atom stereocenters. The van der Waals surface area contributed by atoms with E-state index < -0.39 is 46.3 Å². The molecule has 0 aliphatic carbocycles. The van der Waals surface area contributed by atoms with Crippen molar-refractivity contribution in [2.75, 3.05) is 13.2 Å². The summed E-state index contributed by atoms with van der Waals surface area (Å²) in [5.41, 5.74) is 0.406. The molecule has 0 saturated carbocycles. The lowest BCUT2D eigenvalue weighted by molar-refractivity contribution is -0.153. The molecule has 2 rings (SSSR count). The molecule has 0 aliphatic rings. The molecular weight excluding hydrogens is 454 g/mol. The van der Waals surface area contributed by atoms with Crippen LogP contribution in [0.3, 0.4) is 0 Å². The molecular formula is C18H16F6N2O4S. The van der Waals surface area contributed by atoms with Gasteiger partial charge in [0, 0.05) is 12.1 Å². The number of hydrogen-bond acceptors (Lipinski definition) is 4. The number of alkyl halides is 6. The second-order valence-corrected chi connectivity index (χ2v) is 7.96. The monoisotopic (exact) mass is 470 g/mol. The Morgan fingerprint density at radius 1 is 0.935 bits per heavy atom. The first kappa shape index (κ1) is 24.5. The maximum Gasteiger partial charge on any atom is 0.422 e. The Kier molecular flexibility index (Phi) is 7.54. The van der Waals surface area contributed by atoms with Crippen molar-refractivity contribution in [1.82, 2.24) is 10.0 Å². The average Bonchev–Trinajstić information content (AvgIpc) is 2.69. The number of nitrogens with one attached hydrogen (secondary N) is 2. The van der Waals surface area contributed by atoms with Gasteiger partial charge in [-0.25, -0.2) is 13.1 Å². The van der Waals surface area contributed by atoms with E-state index in [4.69, 9.17) is 0 Å². The Hall–Kier alpha value is -2.80. The first-order valence-corrected chi connectivity index (χ1v) is 9.97. The number of amides is 1. The topological polar surface area (TPSA) is 84.5 Å². The fourth-order valence-corrected chi connectivity index (χ4v) is 3.28. The lowest BCUT2D eigenvalue weighted by atomic mass is 10.2. The van der Waals surface area contributed by atoms with Gasteiger partial charge in [0.05, 0.1) is 4.90 Å². The van der Waals surface area contributed by atoms with Crippen molar-refractivity contribution in [2.45, 2.75) is 23.8 Å². The van der Waals surface area contributed by atoms with Gasteiger partial charge in [0.1, 0.15) is 12.3 Å². The third-order valence-corrected chi connectivity index (χ3v) is 5.05. The molecule has 0 spiro atoms. The molecule has 0 aromatic heterocycles. The molecule has 0 aliphatic heterocycles. The van der Waals surface area contributed by atoms with Gasteiger partial charge >= 0.3 is 12.4 Å². The van der Waals surface area contributed by atoms with Crippen LogP contribution < -0.4 is 14.8 Å². The summed E-state index contributed by atoms with van der Waals surface area (Å²) < 4.78 is 103. The van der Waals surface area contributed by atoms with E-state index in [-0.39, 0.29) is 17.9 Å². The van der Waals surface area contributed by atoms with E-state index >= 15 is 0 Å². The van der Waals surface area contributed by atoms with Gasteiger partial charge in [-0.2, -0.15) is 26.3 Å². The molecule has 2 aromatic rings. The number of halogens is 6. The molecule has 0 saturated heterocycles. The van der Waals surface area contributed by atoms with Gasteiger partial charge in [-0.05, 0) is 35.9 Å². The van der Waals surface area contributed by atoms with E-state index in [1.54, 1.807) is 0 Å². The van der Waals surface area contributed by atoms with Crippen molar-refractivity contribution in [3.05, 3.63) is 59.7 Å². The quantitative estimate of drug-likeness (QED) is 0.580. The molecule has 1 amide bonds. The predicted octanol–water partition coefficient (Wildman–Crippen LogP) is 3.40. The van der Waals surface area contributed by atoms with Crippen LogP contribution in [0.2, 0.25) is 0 Å². The van der Waals surface area contributed by atoms with Gasteiger partial charge in [-0.3, -0.25) is 4.79 Å². The van der Waals surface area contributed by atoms with Crippen molar-refractivity contribution < 1.29 is 44.3 Å². The summed E-state index contributed by atoms with van der Waals surface area (Å²) in [7, 11) is -4.48. The Morgan fingerprint density at radius 2 is 1.58 bits per heavy atom. The fourth-order valence-electron chi connectivity index (χ4n) is 2.22. The largest absolute Gasteiger partial charge is 0.484 e. The number of carbonyl (C=O) groups excluding carboxylic acids is 1. The minimum atomic E-state index is -4.74. The SMILES string of the molecule is O=C(NCc1ccc(OCC(F)(F)F)cc1)c1cccc(S(=O)(=O)NCC(F)(F)F)c1. The minimum absolute atomic E-state index is 0.0170. The normalized spacial score (nSPS) is 12.5. The second kappa shape index (κ2) is 9.56. The van der Waals surface area contributed by atoms with Crippen LogP contribution in [0.25, 0.3) is 0 Å². The van der Waals surface area contributed by atoms with Crippen LogP contribution in [-0.2, 0) is 16.6 Å². The Balaban J connectivity index is 1.98. The molecule has 170 valence electrons. The Bertz CT molecular complexity index is 1000. The number of hydrogen-bond donors (Lipinski definition) is 2. The molecule has 0 radical (unpaired) electrons. The summed E-state index contributed by atoms with van der Waals surface area (Å²) in [6.45, 7) is -3.24. The van der Waals surface area contributed by atoms with Crippen molar-refractivity contribution in [2.24, 2.45) is 0 Å². The number of carbonyl (C=O) groups is 1. The number of rotatable bonds is 8. The molecule has 0 heterocycles. The van der Waals surface area contributed by atoms with Crippen molar-refractivity contribution >= 4 is 15.9 Å². The smallest absolute Gasteiger partial charge is 0.422 e. The minimum Gasteiger partial charge on any atom is -0.484 e. The van der Waals surface area contributed by atoms with Gasteiger partial charge in [-0.15, -0.1) is 0 Å². The highest BCUT2D eigenvalue weighted by atomic mass is 32.2. The maximum absolute atomic E-state index is 12.2. The van der Waals surface area contributed by atoms with Gasteiger partial charge in [0.25, 0.3) is 5.91 Å².